The first-order chi connectivity index (χ1) is 6.38. The van der Waals surface area contributed by atoms with Crippen LogP contribution in [0.15, 0.2) is 0 Å². The second-order valence-electron chi connectivity index (χ2n) is 3.63. The van der Waals surface area contributed by atoms with Crippen LogP contribution >= 0.6 is 20.0 Å². The van der Waals surface area contributed by atoms with E-state index in [1.807, 2.05) is 20.8 Å². The van der Waals surface area contributed by atoms with Crippen LogP contribution in [0.3, 0.4) is 0 Å². The number of rotatable bonds is 5. The molecule has 0 saturated carbocycles. The van der Waals surface area contributed by atoms with Crippen molar-refractivity contribution in [2.24, 2.45) is 5.41 Å². The van der Waals surface area contributed by atoms with E-state index < -0.39 is 8.25 Å². The third-order valence-electron chi connectivity index (χ3n) is 1.27. The SMILES string of the molecule is CO[P+](=O)OCCSC(=O)C(C)(C)C. The van der Waals surface area contributed by atoms with Gasteiger partial charge in [0.05, 0.1) is 7.11 Å². The summed E-state index contributed by atoms with van der Waals surface area (Å²) < 4.78 is 19.8. The molecule has 0 aliphatic heterocycles. The van der Waals surface area contributed by atoms with Gasteiger partial charge in [-0.1, -0.05) is 32.5 Å². The van der Waals surface area contributed by atoms with E-state index in [2.05, 4.69) is 4.52 Å². The predicted octanol–water partition coefficient (Wildman–Crippen LogP) is 2.61. The molecule has 82 valence electrons. The molecule has 0 heterocycles. The maximum absolute atomic E-state index is 11.4. The summed E-state index contributed by atoms with van der Waals surface area (Å²) in [6.07, 6.45) is 0. The minimum atomic E-state index is -2.01. The van der Waals surface area contributed by atoms with Gasteiger partial charge in [0.2, 0.25) is 0 Å². The van der Waals surface area contributed by atoms with Gasteiger partial charge in [-0.05, 0) is 0 Å². The number of hydrogen-bond donors (Lipinski definition) is 0. The maximum atomic E-state index is 11.4. The van der Waals surface area contributed by atoms with E-state index in [1.165, 1.54) is 18.9 Å². The van der Waals surface area contributed by atoms with Crippen molar-refractivity contribution < 1.29 is 18.4 Å². The highest BCUT2D eigenvalue weighted by atomic mass is 32.2. The van der Waals surface area contributed by atoms with Crippen molar-refractivity contribution in [3.05, 3.63) is 0 Å². The number of carbonyl (C=O) groups is 1. The van der Waals surface area contributed by atoms with Gasteiger partial charge in [0, 0.05) is 15.7 Å². The highest BCUT2D eigenvalue weighted by molar-refractivity contribution is 8.13. The maximum Gasteiger partial charge on any atom is 0.697 e. The van der Waals surface area contributed by atoms with E-state index in [0.717, 1.165) is 0 Å². The molecule has 14 heavy (non-hydrogen) atoms. The average molecular weight is 239 g/mol. The summed E-state index contributed by atoms with van der Waals surface area (Å²) >= 11 is 1.19. The minimum Gasteiger partial charge on any atom is -0.287 e. The standard InChI is InChI=1S/C8H16O4PS/c1-8(2,3)7(9)14-6-5-12-13(10)11-4/h5-6H2,1-4H3/q+1. The zero-order valence-corrected chi connectivity index (χ0v) is 10.6. The fourth-order valence-corrected chi connectivity index (χ4v) is 1.77. The molecule has 0 aromatic heterocycles. The molecule has 4 nitrogen and oxygen atoms in total. The van der Waals surface area contributed by atoms with Gasteiger partial charge < -0.3 is 0 Å². The fraction of sp³-hybridized carbons (Fsp3) is 0.875. The summed E-state index contributed by atoms with van der Waals surface area (Å²) in [5.41, 5.74) is -0.339. The Morgan fingerprint density at radius 1 is 1.43 bits per heavy atom. The normalized spacial score (nSPS) is 12.7. The quantitative estimate of drug-likeness (QED) is 0.545. The van der Waals surface area contributed by atoms with Crippen molar-refractivity contribution in [1.29, 1.82) is 0 Å². The van der Waals surface area contributed by atoms with Gasteiger partial charge >= 0.3 is 8.25 Å². The largest absolute Gasteiger partial charge is 0.697 e. The summed E-state index contributed by atoms with van der Waals surface area (Å²) in [6.45, 7) is 5.84. The van der Waals surface area contributed by atoms with Crippen LogP contribution < -0.4 is 0 Å². The van der Waals surface area contributed by atoms with Crippen LogP contribution in [0.5, 0.6) is 0 Å². The first-order valence-electron chi connectivity index (χ1n) is 4.19. The highest BCUT2D eigenvalue weighted by Gasteiger charge is 2.22. The molecule has 0 aliphatic rings. The van der Waals surface area contributed by atoms with Gasteiger partial charge in [-0.2, -0.15) is 0 Å². The zero-order chi connectivity index (χ0) is 11.2. The molecule has 0 saturated heterocycles. The van der Waals surface area contributed by atoms with Gasteiger partial charge in [0.25, 0.3) is 0 Å². The van der Waals surface area contributed by atoms with Crippen molar-refractivity contribution in [3.8, 4) is 0 Å². The summed E-state index contributed by atoms with van der Waals surface area (Å²) in [5, 5.41) is 0.105. The Hall–Kier alpha value is 0.0400. The first kappa shape index (κ1) is 14.0. The highest BCUT2D eigenvalue weighted by Crippen LogP contribution is 2.25. The molecule has 1 atom stereocenters. The third-order valence-corrected chi connectivity index (χ3v) is 3.21. The van der Waals surface area contributed by atoms with Crippen molar-refractivity contribution in [3.63, 3.8) is 0 Å². The van der Waals surface area contributed by atoms with E-state index in [-0.39, 0.29) is 17.1 Å². The molecule has 0 spiro atoms. The fourth-order valence-electron chi connectivity index (χ4n) is 0.515. The lowest BCUT2D eigenvalue weighted by molar-refractivity contribution is -0.117. The van der Waals surface area contributed by atoms with Crippen molar-refractivity contribution >= 4 is 25.1 Å². The number of hydrogen-bond acceptors (Lipinski definition) is 5. The smallest absolute Gasteiger partial charge is 0.287 e. The van der Waals surface area contributed by atoms with Crippen molar-refractivity contribution in [2.45, 2.75) is 20.8 Å². The monoisotopic (exact) mass is 239 g/mol. The molecule has 0 fully saturated rings. The lowest BCUT2D eigenvalue weighted by Gasteiger charge is -2.14. The van der Waals surface area contributed by atoms with Crippen LogP contribution in [0.4, 0.5) is 0 Å². The second-order valence-corrected chi connectivity index (χ2v) is 5.76. The second kappa shape index (κ2) is 6.51. The van der Waals surface area contributed by atoms with Gasteiger partial charge in [-0.15, -0.1) is 9.05 Å². The molecule has 0 radical (unpaired) electrons. The minimum absolute atomic E-state index is 0.105. The van der Waals surface area contributed by atoms with Crippen molar-refractivity contribution in [1.82, 2.24) is 0 Å². The lowest BCUT2D eigenvalue weighted by atomic mass is 10.00. The van der Waals surface area contributed by atoms with E-state index in [9.17, 15) is 9.36 Å². The Bertz CT molecular complexity index is 212. The molecule has 0 aliphatic carbocycles. The summed E-state index contributed by atoms with van der Waals surface area (Å²) in [7, 11) is -0.700. The van der Waals surface area contributed by atoms with Gasteiger partial charge in [-0.25, -0.2) is 0 Å². The Labute approximate surface area is 89.7 Å². The first-order valence-corrected chi connectivity index (χ1v) is 6.27. The predicted molar refractivity (Wildman–Crippen MR) is 57.5 cm³/mol. The van der Waals surface area contributed by atoms with Crippen LogP contribution in [0.2, 0.25) is 0 Å². The number of carbonyl (C=O) groups excluding carboxylic acids is 1. The summed E-state index contributed by atoms with van der Waals surface area (Å²) in [4.78, 5) is 11.4. The number of thioether (sulfide) groups is 1. The molecule has 0 amide bonds. The molecular formula is C8H16O4PS+. The molecule has 0 aromatic rings. The van der Waals surface area contributed by atoms with E-state index in [1.54, 1.807) is 0 Å². The Morgan fingerprint density at radius 2 is 2.00 bits per heavy atom. The molecule has 0 rings (SSSR count). The summed E-state index contributed by atoms with van der Waals surface area (Å²) in [5.74, 6) is 0.501. The van der Waals surface area contributed by atoms with Gasteiger partial charge in [0.15, 0.2) is 5.12 Å². The van der Waals surface area contributed by atoms with E-state index in [0.29, 0.717) is 5.75 Å². The van der Waals surface area contributed by atoms with Crippen LogP contribution in [-0.2, 0) is 18.4 Å². The summed E-state index contributed by atoms with van der Waals surface area (Å²) in [6, 6.07) is 0. The van der Waals surface area contributed by atoms with Gasteiger partial charge in [0.1, 0.15) is 6.61 Å². The van der Waals surface area contributed by atoms with Crippen LogP contribution in [0.25, 0.3) is 0 Å². The molecule has 0 bridgehead atoms. The van der Waals surface area contributed by atoms with E-state index in [4.69, 9.17) is 4.52 Å². The molecule has 1 unspecified atom stereocenters. The molecule has 6 heteroatoms. The Morgan fingerprint density at radius 3 is 2.43 bits per heavy atom. The van der Waals surface area contributed by atoms with Crippen LogP contribution in [-0.4, -0.2) is 24.6 Å². The average Bonchev–Trinajstić information content (AvgIpc) is 2.09. The lowest BCUT2D eigenvalue weighted by Crippen LogP contribution is -2.17. The van der Waals surface area contributed by atoms with Crippen LogP contribution in [0, 0.1) is 5.41 Å². The molecule has 0 N–H and O–H groups in total. The van der Waals surface area contributed by atoms with E-state index >= 15 is 0 Å². The molecule has 0 aromatic carbocycles. The Balaban J connectivity index is 3.56. The Kier molecular flexibility index (Phi) is 6.53. The topological polar surface area (TPSA) is 52.6 Å². The zero-order valence-electron chi connectivity index (χ0n) is 8.90. The molecular weight excluding hydrogens is 223 g/mol. The van der Waals surface area contributed by atoms with Gasteiger partial charge in [-0.3, -0.25) is 4.79 Å². The van der Waals surface area contributed by atoms with Crippen LogP contribution in [0.1, 0.15) is 20.8 Å². The van der Waals surface area contributed by atoms with Crippen molar-refractivity contribution in [2.75, 3.05) is 19.5 Å². The third kappa shape index (κ3) is 6.49.